The number of aryl methyl sites for hydroxylation is 2. The van der Waals surface area contributed by atoms with Crippen molar-refractivity contribution in [2.45, 2.75) is 13.1 Å². The summed E-state index contributed by atoms with van der Waals surface area (Å²) in [6, 6.07) is 4.72. The van der Waals surface area contributed by atoms with Crippen molar-refractivity contribution in [2.75, 3.05) is 5.73 Å². The molecule has 0 saturated carbocycles. The van der Waals surface area contributed by atoms with Crippen molar-refractivity contribution < 1.29 is 17.9 Å². The number of ether oxygens (including phenoxy) is 1. The van der Waals surface area contributed by atoms with Gasteiger partial charge in [-0.3, -0.25) is 0 Å². The molecule has 1 aromatic heterocycles. The number of hydrogen-bond acceptors (Lipinski definition) is 4. The second kappa shape index (κ2) is 5.01. The van der Waals surface area contributed by atoms with Gasteiger partial charge in [0.15, 0.2) is 0 Å². The Morgan fingerprint density at radius 3 is 2.52 bits per heavy atom. The van der Waals surface area contributed by atoms with Crippen molar-refractivity contribution in [3.8, 4) is 17.7 Å². The molecule has 0 amide bonds. The summed E-state index contributed by atoms with van der Waals surface area (Å²) in [6.45, 7) is 1.62. The molecule has 0 fully saturated rings. The number of nitrogens with two attached hydrogens (primary N) is 1. The van der Waals surface area contributed by atoms with Gasteiger partial charge in [0.2, 0.25) is 5.88 Å². The van der Waals surface area contributed by atoms with Crippen LogP contribution in [0.25, 0.3) is 0 Å². The van der Waals surface area contributed by atoms with E-state index in [4.69, 9.17) is 15.7 Å². The summed E-state index contributed by atoms with van der Waals surface area (Å²) >= 11 is 0. The number of aromatic nitrogens is 2. The Morgan fingerprint density at radius 2 is 2.05 bits per heavy atom. The van der Waals surface area contributed by atoms with Crippen LogP contribution in [0, 0.1) is 18.3 Å². The maximum Gasteiger partial charge on any atom is 0.420 e. The van der Waals surface area contributed by atoms with Crippen LogP contribution in [0.3, 0.4) is 0 Å². The van der Waals surface area contributed by atoms with Crippen molar-refractivity contribution in [3.63, 3.8) is 0 Å². The summed E-state index contributed by atoms with van der Waals surface area (Å²) < 4.78 is 45.6. The number of nitriles is 1. The highest BCUT2D eigenvalue weighted by atomic mass is 19.4. The van der Waals surface area contributed by atoms with Gasteiger partial charge in [-0.1, -0.05) is 0 Å². The molecule has 2 N–H and O–H groups in total. The molecule has 0 radical (unpaired) electrons. The number of nitrogens with zero attached hydrogens (tertiary/aromatic N) is 3. The minimum Gasteiger partial charge on any atom is -0.437 e. The van der Waals surface area contributed by atoms with Crippen LogP contribution < -0.4 is 10.5 Å². The highest BCUT2D eigenvalue weighted by Crippen LogP contribution is 2.40. The van der Waals surface area contributed by atoms with Crippen LogP contribution >= 0.6 is 0 Å². The van der Waals surface area contributed by atoms with E-state index in [1.165, 1.54) is 17.8 Å². The molecule has 5 nitrogen and oxygen atoms in total. The van der Waals surface area contributed by atoms with Crippen LogP contribution in [-0.4, -0.2) is 9.78 Å². The van der Waals surface area contributed by atoms with Crippen molar-refractivity contribution in [2.24, 2.45) is 7.05 Å². The van der Waals surface area contributed by atoms with Crippen LogP contribution in [0.2, 0.25) is 0 Å². The SMILES string of the molecule is Cc1nn(C)c(Oc2ccc(C#N)cc2C(F)(F)F)c1N. The van der Waals surface area contributed by atoms with Gasteiger partial charge < -0.3 is 10.5 Å². The zero-order valence-electron chi connectivity index (χ0n) is 11.2. The number of rotatable bonds is 2. The Hall–Kier alpha value is -2.69. The number of hydrogen-bond donors (Lipinski definition) is 1. The monoisotopic (exact) mass is 296 g/mol. The third-order valence-corrected chi connectivity index (χ3v) is 2.83. The molecule has 0 unspecified atom stereocenters. The Morgan fingerprint density at radius 1 is 1.38 bits per heavy atom. The van der Waals surface area contributed by atoms with Gasteiger partial charge in [-0.2, -0.15) is 23.5 Å². The van der Waals surface area contributed by atoms with E-state index < -0.39 is 17.5 Å². The largest absolute Gasteiger partial charge is 0.437 e. The number of anilines is 1. The molecule has 2 rings (SSSR count). The van der Waals surface area contributed by atoms with E-state index in [2.05, 4.69) is 5.10 Å². The van der Waals surface area contributed by atoms with E-state index in [1.54, 1.807) is 13.0 Å². The molecule has 2 aromatic rings. The molecule has 110 valence electrons. The smallest absolute Gasteiger partial charge is 0.420 e. The summed E-state index contributed by atoms with van der Waals surface area (Å²) in [5.41, 5.74) is 5.19. The first-order valence-corrected chi connectivity index (χ1v) is 5.82. The third kappa shape index (κ3) is 2.76. The lowest BCUT2D eigenvalue weighted by Gasteiger charge is -2.14. The second-order valence-electron chi connectivity index (χ2n) is 4.35. The molecule has 0 aliphatic rings. The first-order chi connectivity index (χ1) is 9.74. The zero-order chi connectivity index (χ0) is 15.8. The lowest BCUT2D eigenvalue weighted by atomic mass is 10.1. The summed E-state index contributed by atoms with van der Waals surface area (Å²) in [5.74, 6) is -0.418. The van der Waals surface area contributed by atoms with Crippen molar-refractivity contribution in [3.05, 3.63) is 35.0 Å². The number of alkyl halides is 3. The first-order valence-electron chi connectivity index (χ1n) is 5.82. The normalized spacial score (nSPS) is 11.2. The standard InChI is InChI=1S/C13H11F3N4O/c1-7-11(18)12(20(2)19-7)21-10-4-3-8(6-17)5-9(10)13(14,15)16/h3-5H,18H2,1-2H3. The fraction of sp³-hybridized carbons (Fsp3) is 0.231. The number of halogens is 3. The second-order valence-corrected chi connectivity index (χ2v) is 4.35. The number of benzene rings is 1. The summed E-state index contributed by atoms with van der Waals surface area (Å²) in [4.78, 5) is 0. The number of nitrogen functional groups attached to an aromatic ring is 1. The molecule has 0 spiro atoms. The van der Waals surface area contributed by atoms with Crippen LogP contribution in [-0.2, 0) is 13.2 Å². The van der Waals surface area contributed by atoms with E-state index in [-0.39, 0.29) is 17.1 Å². The third-order valence-electron chi connectivity index (χ3n) is 2.83. The Labute approximate surface area is 118 Å². The highest BCUT2D eigenvalue weighted by molar-refractivity contribution is 5.55. The predicted octanol–water partition coefficient (Wildman–Crippen LogP) is 2.99. The maximum absolute atomic E-state index is 13.0. The minimum absolute atomic E-state index is 0.0164. The van der Waals surface area contributed by atoms with Gasteiger partial charge in [-0.25, -0.2) is 4.68 Å². The van der Waals surface area contributed by atoms with E-state index in [1.807, 2.05) is 0 Å². The first kappa shape index (κ1) is 14.7. The molecule has 0 saturated heterocycles. The van der Waals surface area contributed by atoms with E-state index >= 15 is 0 Å². The highest BCUT2D eigenvalue weighted by Gasteiger charge is 2.35. The predicted molar refractivity (Wildman–Crippen MR) is 68.6 cm³/mol. The Balaban J connectivity index is 2.52. The molecular weight excluding hydrogens is 285 g/mol. The van der Waals surface area contributed by atoms with Crippen molar-refractivity contribution >= 4 is 5.69 Å². The van der Waals surface area contributed by atoms with Gasteiger partial charge in [0, 0.05) is 7.05 Å². The Kier molecular flexibility index (Phi) is 3.51. The fourth-order valence-electron chi connectivity index (χ4n) is 1.79. The van der Waals surface area contributed by atoms with Crippen LogP contribution in [0.4, 0.5) is 18.9 Å². The lowest BCUT2D eigenvalue weighted by molar-refractivity contribution is -0.138. The summed E-state index contributed by atoms with van der Waals surface area (Å²) in [7, 11) is 1.51. The average Bonchev–Trinajstić information content (AvgIpc) is 2.64. The molecule has 8 heteroatoms. The van der Waals surface area contributed by atoms with Gasteiger partial charge in [0.25, 0.3) is 0 Å². The lowest BCUT2D eigenvalue weighted by Crippen LogP contribution is -2.09. The van der Waals surface area contributed by atoms with Gasteiger partial charge >= 0.3 is 6.18 Å². The van der Waals surface area contributed by atoms with E-state index in [0.29, 0.717) is 5.69 Å². The summed E-state index contributed by atoms with van der Waals surface area (Å²) in [5, 5.41) is 12.7. The molecule has 1 aromatic carbocycles. The molecule has 0 aliphatic heterocycles. The molecule has 0 bridgehead atoms. The van der Waals surface area contributed by atoms with E-state index in [0.717, 1.165) is 12.1 Å². The van der Waals surface area contributed by atoms with Crippen LogP contribution in [0.1, 0.15) is 16.8 Å². The van der Waals surface area contributed by atoms with E-state index in [9.17, 15) is 13.2 Å². The van der Waals surface area contributed by atoms with Crippen molar-refractivity contribution in [1.29, 1.82) is 5.26 Å². The quantitative estimate of drug-likeness (QED) is 0.924. The molecule has 1 heterocycles. The minimum atomic E-state index is -4.65. The van der Waals surface area contributed by atoms with Crippen LogP contribution in [0.5, 0.6) is 11.6 Å². The molecule has 0 aliphatic carbocycles. The maximum atomic E-state index is 13.0. The van der Waals surface area contributed by atoms with Crippen LogP contribution in [0.15, 0.2) is 18.2 Å². The van der Waals surface area contributed by atoms with Gasteiger partial charge in [0.1, 0.15) is 11.4 Å². The van der Waals surface area contributed by atoms with Gasteiger partial charge in [-0.05, 0) is 25.1 Å². The van der Waals surface area contributed by atoms with Gasteiger partial charge in [-0.15, -0.1) is 0 Å². The average molecular weight is 296 g/mol. The fourth-order valence-corrected chi connectivity index (χ4v) is 1.79. The molecule has 21 heavy (non-hydrogen) atoms. The summed E-state index contributed by atoms with van der Waals surface area (Å²) in [6.07, 6.45) is -4.65. The molecule has 0 atom stereocenters. The van der Waals surface area contributed by atoms with Gasteiger partial charge in [0.05, 0.1) is 22.9 Å². The topological polar surface area (TPSA) is 76.9 Å². The van der Waals surface area contributed by atoms with Crippen molar-refractivity contribution in [1.82, 2.24) is 9.78 Å². The zero-order valence-corrected chi connectivity index (χ0v) is 11.2. The molecular formula is C13H11F3N4O. The Bertz CT molecular complexity index is 728.